The van der Waals surface area contributed by atoms with Crippen molar-refractivity contribution in [1.29, 1.82) is 0 Å². The molecule has 1 saturated heterocycles. The van der Waals surface area contributed by atoms with Crippen LogP contribution < -0.4 is 10.6 Å². The molecule has 1 aliphatic rings. The number of nitrogens with one attached hydrogen (secondary N) is 2. The van der Waals surface area contributed by atoms with Gasteiger partial charge in [0.15, 0.2) is 5.76 Å². The Bertz CT molecular complexity index is 995. The van der Waals surface area contributed by atoms with Crippen molar-refractivity contribution < 1.29 is 22.4 Å². The molecule has 9 nitrogen and oxygen atoms in total. The zero-order chi connectivity index (χ0) is 22.6. The average molecular weight is 449 g/mol. The highest BCUT2D eigenvalue weighted by atomic mass is 32.2. The number of carbonyl (C=O) groups is 2. The van der Waals surface area contributed by atoms with Gasteiger partial charge in [-0.2, -0.15) is 4.31 Å². The van der Waals surface area contributed by atoms with Crippen molar-refractivity contribution in [2.45, 2.75) is 24.8 Å². The lowest BCUT2D eigenvalue weighted by Gasteiger charge is -2.31. The van der Waals surface area contributed by atoms with Crippen LogP contribution in [0.25, 0.3) is 0 Å². The number of carbonyl (C=O) groups excluding carboxylic acids is 2. The van der Waals surface area contributed by atoms with E-state index in [0.29, 0.717) is 31.9 Å². The van der Waals surface area contributed by atoms with Gasteiger partial charge in [0.05, 0.1) is 11.2 Å². The van der Waals surface area contributed by atoms with Crippen LogP contribution in [0.15, 0.2) is 52.0 Å². The van der Waals surface area contributed by atoms with Crippen molar-refractivity contribution in [3.8, 4) is 0 Å². The molecule has 2 N–H and O–H groups in total. The van der Waals surface area contributed by atoms with Crippen molar-refractivity contribution in [3.63, 3.8) is 0 Å². The summed E-state index contributed by atoms with van der Waals surface area (Å²) in [5.74, 6) is -0.926. The molecule has 2 heterocycles. The molecule has 0 unspecified atom stereocenters. The molecule has 0 bridgehead atoms. The first-order valence-corrected chi connectivity index (χ1v) is 11.6. The minimum atomic E-state index is -3.57. The molecule has 10 heteroatoms. The lowest BCUT2D eigenvalue weighted by molar-refractivity contribution is -0.118. The number of anilines is 1. The van der Waals surface area contributed by atoms with E-state index in [1.807, 2.05) is 20.9 Å². The molecule has 1 fully saturated rings. The Kier molecular flexibility index (Phi) is 7.14. The van der Waals surface area contributed by atoms with Crippen molar-refractivity contribution in [2.24, 2.45) is 5.92 Å². The van der Waals surface area contributed by atoms with Gasteiger partial charge in [0.1, 0.15) is 6.04 Å². The minimum Gasteiger partial charge on any atom is -0.459 e. The Hall–Kier alpha value is -2.69. The highest BCUT2D eigenvalue weighted by Crippen LogP contribution is 2.20. The van der Waals surface area contributed by atoms with E-state index in [9.17, 15) is 18.0 Å². The quantitative estimate of drug-likeness (QED) is 0.666. The Morgan fingerprint density at radius 1 is 1.03 bits per heavy atom. The average Bonchev–Trinajstić information content (AvgIpc) is 3.27. The van der Waals surface area contributed by atoms with E-state index in [-0.39, 0.29) is 16.6 Å². The first kappa shape index (κ1) is 23.0. The van der Waals surface area contributed by atoms with Gasteiger partial charge in [0.2, 0.25) is 15.9 Å². The molecule has 31 heavy (non-hydrogen) atoms. The van der Waals surface area contributed by atoms with E-state index in [1.54, 1.807) is 18.2 Å². The fourth-order valence-electron chi connectivity index (χ4n) is 3.26. The van der Waals surface area contributed by atoms with Crippen molar-refractivity contribution in [1.82, 2.24) is 14.5 Å². The van der Waals surface area contributed by atoms with E-state index in [2.05, 4.69) is 15.5 Å². The molecule has 0 aliphatic carbocycles. The fraction of sp³-hybridized carbons (Fsp3) is 0.429. The maximum absolute atomic E-state index is 12.8. The van der Waals surface area contributed by atoms with E-state index in [0.717, 1.165) is 0 Å². The minimum absolute atomic E-state index is 0.122. The van der Waals surface area contributed by atoms with Crippen LogP contribution in [0.1, 0.15) is 24.4 Å². The molecular weight excluding hydrogens is 420 g/mol. The lowest BCUT2D eigenvalue weighted by atomic mass is 10.0. The summed E-state index contributed by atoms with van der Waals surface area (Å²) in [6.45, 7) is 5.91. The summed E-state index contributed by atoms with van der Waals surface area (Å²) in [4.78, 5) is 27.2. The second kappa shape index (κ2) is 9.63. The Labute approximate surface area is 182 Å². The topological polar surface area (TPSA) is 112 Å². The van der Waals surface area contributed by atoms with Gasteiger partial charge in [0.25, 0.3) is 5.91 Å². The number of sulfonamides is 1. The van der Waals surface area contributed by atoms with Gasteiger partial charge in [-0.3, -0.25) is 9.59 Å². The highest BCUT2D eigenvalue weighted by Gasteiger charge is 2.28. The number of likely N-dealkylation sites (N-methyl/N-ethyl adjacent to an activating group) is 1. The standard InChI is InChI=1S/C21H28N4O5S/c1-15(2)19(23-20(26)18-5-4-14-30-18)21(27)22-16-6-8-17(9-7-16)31(28,29)25-12-10-24(3)11-13-25/h4-9,14-15,19H,10-13H2,1-3H3,(H,22,27)(H,23,26)/t19-/m0/s1. The van der Waals surface area contributed by atoms with Crippen molar-refractivity contribution >= 4 is 27.5 Å². The molecular formula is C21H28N4O5S. The van der Waals surface area contributed by atoms with Crippen molar-refractivity contribution in [3.05, 3.63) is 48.4 Å². The normalized spacial score (nSPS) is 16.8. The van der Waals surface area contributed by atoms with E-state index in [1.165, 1.54) is 28.8 Å². The molecule has 1 aromatic heterocycles. The number of amides is 2. The second-order valence-corrected chi connectivity index (χ2v) is 9.83. The third kappa shape index (κ3) is 5.52. The summed E-state index contributed by atoms with van der Waals surface area (Å²) in [6.07, 6.45) is 1.39. The zero-order valence-electron chi connectivity index (χ0n) is 17.9. The third-order valence-electron chi connectivity index (χ3n) is 5.20. The summed E-state index contributed by atoms with van der Waals surface area (Å²) in [6, 6.07) is 8.39. The molecule has 1 aliphatic heterocycles. The van der Waals surface area contributed by atoms with Gasteiger partial charge in [-0.05, 0) is 49.4 Å². The number of piperazine rings is 1. The number of nitrogens with zero attached hydrogens (tertiary/aromatic N) is 2. The molecule has 1 aromatic carbocycles. The van der Waals surface area contributed by atoms with E-state index >= 15 is 0 Å². The first-order valence-electron chi connectivity index (χ1n) is 10.1. The van der Waals surface area contributed by atoms with Crippen LogP contribution in [0.3, 0.4) is 0 Å². The second-order valence-electron chi connectivity index (χ2n) is 7.89. The smallest absolute Gasteiger partial charge is 0.287 e. The van der Waals surface area contributed by atoms with Crippen LogP contribution >= 0.6 is 0 Å². The van der Waals surface area contributed by atoms with Gasteiger partial charge in [-0.25, -0.2) is 8.42 Å². The monoisotopic (exact) mass is 448 g/mol. The molecule has 0 radical (unpaired) electrons. The van der Waals surface area contributed by atoms with E-state index < -0.39 is 27.9 Å². The van der Waals surface area contributed by atoms with Crippen LogP contribution in [0.2, 0.25) is 0 Å². The summed E-state index contributed by atoms with van der Waals surface area (Å²) in [7, 11) is -1.61. The number of rotatable bonds is 7. The first-order chi connectivity index (χ1) is 14.7. The molecule has 3 rings (SSSR count). The number of benzene rings is 1. The number of hydrogen-bond acceptors (Lipinski definition) is 6. The highest BCUT2D eigenvalue weighted by molar-refractivity contribution is 7.89. The van der Waals surface area contributed by atoms with Gasteiger partial charge in [-0.15, -0.1) is 0 Å². The van der Waals surface area contributed by atoms with Gasteiger partial charge < -0.3 is 20.0 Å². The SMILES string of the molecule is CC(C)[C@H](NC(=O)c1ccco1)C(=O)Nc1ccc(S(=O)(=O)N2CCN(C)CC2)cc1. The van der Waals surface area contributed by atoms with Crippen LogP contribution in [0, 0.1) is 5.92 Å². The Morgan fingerprint density at radius 3 is 2.23 bits per heavy atom. The third-order valence-corrected chi connectivity index (χ3v) is 7.12. The van der Waals surface area contributed by atoms with Crippen molar-refractivity contribution in [2.75, 3.05) is 38.5 Å². The molecule has 0 spiro atoms. The largest absolute Gasteiger partial charge is 0.459 e. The molecule has 1 atom stereocenters. The molecule has 2 amide bonds. The van der Waals surface area contributed by atoms with Crippen LogP contribution in [0.5, 0.6) is 0 Å². The summed E-state index contributed by atoms with van der Waals surface area (Å²) >= 11 is 0. The lowest BCUT2D eigenvalue weighted by Crippen LogP contribution is -2.47. The number of furan rings is 1. The molecule has 0 saturated carbocycles. The van der Waals surface area contributed by atoms with Crippen LogP contribution in [-0.4, -0.2) is 68.7 Å². The van der Waals surface area contributed by atoms with Gasteiger partial charge >= 0.3 is 0 Å². The maximum atomic E-state index is 12.8. The fourth-order valence-corrected chi connectivity index (χ4v) is 4.69. The van der Waals surface area contributed by atoms with E-state index in [4.69, 9.17) is 4.42 Å². The molecule has 2 aromatic rings. The predicted octanol–water partition coefficient (Wildman–Crippen LogP) is 1.61. The Morgan fingerprint density at radius 2 is 1.68 bits per heavy atom. The maximum Gasteiger partial charge on any atom is 0.287 e. The van der Waals surface area contributed by atoms with Crippen LogP contribution in [-0.2, 0) is 14.8 Å². The summed E-state index contributed by atoms with van der Waals surface area (Å²) in [5, 5.41) is 5.41. The Balaban J connectivity index is 1.66. The summed E-state index contributed by atoms with van der Waals surface area (Å²) < 4.78 is 32.2. The zero-order valence-corrected chi connectivity index (χ0v) is 18.7. The predicted molar refractivity (Wildman–Crippen MR) is 116 cm³/mol. The van der Waals surface area contributed by atoms with Crippen LogP contribution in [0.4, 0.5) is 5.69 Å². The van der Waals surface area contributed by atoms with Gasteiger partial charge in [-0.1, -0.05) is 13.8 Å². The molecule has 168 valence electrons. The van der Waals surface area contributed by atoms with Gasteiger partial charge in [0, 0.05) is 31.9 Å². The number of hydrogen-bond donors (Lipinski definition) is 2. The summed E-state index contributed by atoms with van der Waals surface area (Å²) in [5.41, 5.74) is 0.445.